The Morgan fingerprint density at radius 1 is 0.882 bits per heavy atom. The lowest BCUT2D eigenvalue weighted by Gasteiger charge is -2.09. The lowest BCUT2D eigenvalue weighted by atomic mass is 10.2. The third kappa shape index (κ3) is 4.54. The summed E-state index contributed by atoms with van der Waals surface area (Å²) in [5, 5.41) is 6.44. The first-order chi connectivity index (χ1) is 16.5. The number of fused-ring (bicyclic) bond motifs is 1. The number of amides is 1. The fourth-order valence-corrected chi connectivity index (χ4v) is 3.92. The molecular formula is C25H15Cl2N3O3S. The molecule has 0 atom stereocenters. The molecular weight excluding hydrogens is 493 g/mol. The van der Waals surface area contributed by atoms with E-state index in [2.05, 4.69) is 15.6 Å². The Bertz CT molecular complexity index is 1490. The van der Waals surface area contributed by atoms with Crippen LogP contribution in [0.2, 0.25) is 10.0 Å². The van der Waals surface area contributed by atoms with Crippen molar-refractivity contribution in [1.29, 1.82) is 0 Å². The van der Waals surface area contributed by atoms with E-state index in [4.69, 9.17) is 44.3 Å². The average molecular weight is 508 g/mol. The summed E-state index contributed by atoms with van der Waals surface area (Å²) in [6.07, 6.45) is 0. The Balaban J connectivity index is 1.23. The van der Waals surface area contributed by atoms with Crippen LogP contribution < -0.4 is 10.6 Å². The van der Waals surface area contributed by atoms with E-state index in [0.717, 1.165) is 16.7 Å². The van der Waals surface area contributed by atoms with E-state index >= 15 is 0 Å². The molecule has 2 aromatic heterocycles. The van der Waals surface area contributed by atoms with E-state index in [9.17, 15) is 4.79 Å². The molecule has 0 radical (unpaired) electrons. The first-order valence-electron chi connectivity index (χ1n) is 10.1. The van der Waals surface area contributed by atoms with Crippen molar-refractivity contribution in [2.45, 2.75) is 0 Å². The highest BCUT2D eigenvalue weighted by atomic mass is 35.5. The summed E-state index contributed by atoms with van der Waals surface area (Å²) in [6, 6.07) is 23.3. The average Bonchev–Trinajstić information content (AvgIpc) is 3.49. The van der Waals surface area contributed by atoms with Crippen LogP contribution in [0.15, 0.2) is 87.7 Å². The van der Waals surface area contributed by atoms with Gasteiger partial charge in [-0.25, -0.2) is 4.98 Å². The summed E-state index contributed by atoms with van der Waals surface area (Å²) in [5.74, 6) is 0.537. The summed E-state index contributed by atoms with van der Waals surface area (Å²) < 4.78 is 11.4. The molecule has 0 aliphatic heterocycles. The van der Waals surface area contributed by atoms with Gasteiger partial charge in [0.1, 0.15) is 11.3 Å². The molecule has 3 aromatic carbocycles. The minimum absolute atomic E-state index is 0.0847. The van der Waals surface area contributed by atoms with Crippen LogP contribution in [0.1, 0.15) is 10.6 Å². The molecule has 0 saturated carbocycles. The maximum absolute atomic E-state index is 12.6. The second-order valence-corrected chi connectivity index (χ2v) is 8.43. The summed E-state index contributed by atoms with van der Waals surface area (Å²) in [5.41, 5.74) is 3.62. The molecule has 0 bridgehead atoms. The Labute approximate surface area is 209 Å². The highest BCUT2D eigenvalue weighted by molar-refractivity contribution is 7.80. The lowest BCUT2D eigenvalue weighted by Crippen LogP contribution is -2.33. The lowest BCUT2D eigenvalue weighted by molar-refractivity contribution is 0.0951. The van der Waals surface area contributed by atoms with Gasteiger partial charge < -0.3 is 14.2 Å². The number of para-hydroxylation sites is 2. The molecule has 6 nitrogen and oxygen atoms in total. The number of carbonyl (C=O) groups excluding carboxylic acids is 1. The molecule has 2 N–H and O–H groups in total. The quantitative estimate of drug-likeness (QED) is 0.250. The predicted molar refractivity (Wildman–Crippen MR) is 137 cm³/mol. The van der Waals surface area contributed by atoms with Crippen molar-refractivity contribution in [3.8, 4) is 22.8 Å². The molecule has 5 rings (SSSR count). The fraction of sp³-hybridized carbons (Fsp3) is 0. The number of furan rings is 1. The number of anilines is 1. The maximum atomic E-state index is 12.6. The van der Waals surface area contributed by atoms with Gasteiger partial charge in [0.15, 0.2) is 16.5 Å². The monoisotopic (exact) mass is 507 g/mol. The molecule has 0 spiro atoms. The smallest absolute Gasteiger partial charge is 0.293 e. The number of rotatable bonds is 4. The van der Waals surface area contributed by atoms with Gasteiger partial charge in [-0.05, 0) is 72.9 Å². The van der Waals surface area contributed by atoms with Crippen LogP contribution >= 0.6 is 35.4 Å². The largest absolute Gasteiger partial charge is 0.451 e. The molecule has 0 aliphatic rings. The Hall–Kier alpha value is -3.65. The molecule has 0 unspecified atom stereocenters. The van der Waals surface area contributed by atoms with Crippen LogP contribution in [-0.2, 0) is 0 Å². The van der Waals surface area contributed by atoms with E-state index in [1.807, 2.05) is 48.5 Å². The van der Waals surface area contributed by atoms with Gasteiger partial charge in [0.2, 0.25) is 5.89 Å². The summed E-state index contributed by atoms with van der Waals surface area (Å²) >= 11 is 17.6. The first-order valence-corrected chi connectivity index (χ1v) is 11.3. The van der Waals surface area contributed by atoms with Crippen molar-refractivity contribution >= 4 is 63.2 Å². The highest BCUT2D eigenvalue weighted by Gasteiger charge is 2.16. The number of hydrogen-bond donors (Lipinski definition) is 2. The fourth-order valence-electron chi connectivity index (χ4n) is 3.32. The number of nitrogens with one attached hydrogen (secondary N) is 2. The molecule has 0 aliphatic carbocycles. The zero-order valence-corrected chi connectivity index (χ0v) is 19.7. The van der Waals surface area contributed by atoms with Crippen LogP contribution in [-0.4, -0.2) is 16.0 Å². The molecule has 1 amide bonds. The number of aromatic nitrogens is 1. The number of halogens is 2. The van der Waals surface area contributed by atoms with E-state index in [1.165, 1.54) is 0 Å². The molecule has 34 heavy (non-hydrogen) atoms. The van der Waals surface area contributed by atoms with Gasteiger partial charge in [0.05, 0.1) is 10.0 Å². The van der Waals surface area contributed by atoms with Gasteiger partial charge in [0.25, 0.3) is 5.91 Å². The van der Waals surface area contributed by atoms with Gasteiger partial charge in [0, 0.05) is 16.8 Å². The molecule has 0 saturated heterocycles. The van der Waals surface area contributed by atoms with Crippen LogP contribution in [0.5, 0.6) is 0 Å². The predicted octanol–water partition coefficient (Wildman–Crippen LogP) is 7.19. The Morgan fingerprint density at radius 2 is 1.68 bits per heavy atom. The maximum Gasteiger partial charge on any atom is 0.293 e. The highest BCUT2D eigenvalue weighted by Crippen LogP contribution is 2.34. The van der Waals surface area contributed by atoms with E-state index in [0.29, 0.717) is 32.9 Å². The van der Waals surface area contributed by atoms with Gasteiger partial charge >= 0.3 is 0 Å². The Morgan fingerprint density at radius 3 is 2.47 bits per heavy atom. The van der Waals surface area contributed by atoms with Crippen LogP contribution in [0, 0.1) is 0 Å². The Kier molecular flexibility index (Phi) is 6.06. The SMILES string of the molecule is O=C(NC(=S)Nc1ccc(-c2nc3ccccc3o2)cc1)c1ccc(-c2cccc(Cl)c2Cl)o1. The number of benzene rings is 3. The molecule has 0 fully saturated rings. The molecule has 2 heterocycles. The van der Waals surface area contributed by atoms with Gasteiger partial charge in [-0.1, -0.05) is 41.4 Å². The van der Waals surface area contributed by atoms with Crippen molar-refractivity contribution in [2.75, 3.05) is 5.32 Å². The number of hydrogen-bond acceptors (Lipinski definition) is 5. The summed E-state index contributed by atoms with van der Waals surface area (Å²) in [4.78, 5) is 17.0. The second-order valence-electron chi connectivity index (χ2n) is 7.24. The van der Waals surface area contributed by atoms with Gasteiger partial charge in [-0.3, -0.25) is 10.1 Å². The van der Waals surface area contributed by atoms with Crippen molar-refractivity contribution in [2.24, 2.45) is 0 Å². The normalized spacial score (nSPS) is 10.9. The van der Waals surface area contributed by atoms with Crippen LogP contribution in [0.25, 0.3) is 33.9 Å². The van der Waals surface area contributed by atoms with Crippen LogP contribution in [0.4, 0.5) is 5.69 Å². The van der Waals surface area contributed by atoms with E-state index in [-0.39, 0.29) is 10.9 Å². The van der Waals surface area contributed by atoms with Gasteiger partial charge in [-0.2, -0.15) is 0 Å². The number of thiocarbonyl (C=S) groups is 1. The van der Waals surface area contributed by atoms with E-state index < -0.39 is 5.91 Å². The number of nitrogens with zero attached hydrogens (tertiary/aromatic N) is 1. The minimum atomic E-state index is -0.495. The van der Waals surface area contributed by atoms with Crippen molar-refractivity contribution in [1.82, 2.24) is 10.3 Å². The number of oxazole rings is 1. The topological polar surface area (TPSA) is 80.3 Å². The van der Waals surface area contributed by atoms with Crippen LogP contribution in [0.3, 0.4) is 0 Å². The molecule has 5 aromatic rings. The summed E-state index contributed by atoms with van der Waals surface area (Å²) in [6.45, 7) is 0. The third-order valence-corrected chi connectivity index (χ3v) is 5.98. The van der Waals surface area contributed by atoms with E-state index in [1.54, 1.807) is 30.3 Å². The first kappa shape index (κ1) is 22.2. The van der Waals surface area contributed by atoms with Crippen molar-refractivity contribution in [3.05, 3.63) is 94.7 Å². The standard InChI is InChI=1S/C25H15Cl2N3O3S/c26-17-5-3-4-16(22(17)27)19-12-13-21(32-19)23(31)30-25(34)28-15-10-8-14(9-11-15)24-29-18-6-1-2-7-20(18)33-24/h1-13H,(H2,28,30,31,34). The van der Waals surface area contributed by atoms with Crippen molar-refractivity contribution in [3.63, 3.8) is 0 Å². The third-order valence-electron chi connectivity index (χ3n) is 4.96. The zero-order chi connectivity index (χ0) is 23.7. The van der Waals surface area contributed by atoms with Crippen molar-refractivity contribution < 1.29 is 13.6 Å². The molecule has 168 valence electrons. The van der Waals surface area contributed by atoms with Gasteiger partial charge in [-0.15, -0.1) is 0 Å². The second kappa shape index (κ2) is 9.30. The summed E-state index contributed by atoms with van der Waals surface area (Å²) in [7, 11) is 0. The zero-order valence-electron chi connectivity index (χ0n) is 17.3. The number of carbonyl (C=O) groups is 1. The molecule has 9 heteroatoms. The minimum Gasteiger partial charge on any atom is -0.451 e.